The summed E-state index contributed by atoms with van der Waals surface area (Å²) in [5.41, 5.74) is 0. The number of nitrogens with one attached hydrogen (secondary N) is 1. The predicted octanol–water partition coefficient (Wildman–Crippen LogP) is 5.05. The third-order valence-corrected chi connectivity index (χ3v) is 6.16. The fourth-order valence-electron chi connectivity index (χ4n) is 4.97. The summed E-state index contributed by atoms with van der Waals surface area (Å²) in [5.74, 6) is 2.19. The molecule has 0 radical (unpaired) electrons. The summed E-state index contributed by atoms with van der Waals surface area (Å²) >= 11 is 0. The van der Waals surface area contributed by atoms with Crippen molar-refractivity contribution in [3.05, 3.63) is 0 Å². The van der Waals surface area contributed by atoms with Crippen LogP contribution in [-0.4, -0.2) is 12.1 Å². The minimum atomic E-state index is 0.864. The molecule has 0 atom stereocenters. The molecule has 0 aromatic heterocycles. The molecule has 0 heterocycles. The summed E-state index contributed by atoms with van der Waals surface area (Å²) in [7, 11) is 0. The van der Waals surface area contributed by atoms with Gasteiger partial charge in [-0.05, 0) is 50.4 Å². The van der Waals surface area contributed by atoms with Crippen molar-refractivity contribution in [3.8, 4) is 0 Å². The summed E-state index contributed by atoms with van der Waals surface area (Å²) in [6.07, 6.45) is 20.9. The molecule has 0 bridgehead atoms. The van der Waals surface area contributed by atoms with Crippen LogP contribution in [0.2, 0.25) is 0 Å². The van der Waals surface area contributed by atoms with E-state index in [1.54, 1.807) is 12.8 Å². The smallest absolute Gasteiger partial charge is 0.00698 e. The van der Waals surface area contributed by atoms with Gasteiger partial charge in [-0.3, -0.25) is 0 Å². The highest BCUT2D eigenvalue weighted by Gasteiger charge is 2.29. The quantitative estimate of drug-likeness (QED) is 0.751. The Balaban J connectivity index is 1.38. The molecule has 3 rings (SSSR count). The third kappa shape index (κ3) is 3.97. The molecular weight excluding hydrogens is 230 g/mol. The van der Waals surface area contributed by atoms with Crippen LogP contribution in [0.25, 0.3) is 0 Å². The van der Waals surface area contributed by atoms with Gasteiger partial charge in [0.05, 0.1) is 0 Å². The Morgan fingerprint density at radius 3 is 1.53 bits per heavy atom. The number of rotatable bonds is 3. The van der Waals surface area contributed by atoms with E-state index >= 15 is 0 Å². The van der Waals surface area contributed by atoms with Crippen molar-refractivity contribution >= 4 is 0 Å². The number of hydrogen-bond acceptors (Lipinski definition) is 1. The minimum Gasteiger partial charge on any atom is -0.311 e. The molecule has 1 heteroatoms. The molecule has 3 fully saturated rings. The molecule has 0 saturated heterocycles. The zero-order valence-corrected chi connectivity index (χ0v) is 12.7. The largest absolute Gasteiger partial charge is 0.311 e. The zero-order chi connectivity index (χ0) is 12.9. The van der Waals surface area contributed by atoms with Gasteiger partial charge in [-0.25, -0.2) is 0 Å². The standard InChI is InChI=1S/C18H33N/c1-3-7-15(8-4-1)16-11-13-18(14-12-16)19-17-9-5-2-6-10-17/h15-19H,1-14H2. The van der Waals surface area contributed by atoms with Gasteiger partial charge in [0.15, 0.2) is 0 Å². The Labute approximate surface area is 119 Å². The van der Waals surface area contributed by atoms with Crippen LogP contribution in [0.4, 0.5) is 0 Å². The van der Waals surface area contributed by atoms with Gasteiger partial charge in [0.2, 0.25) is 0 Å². The first-order valence-electron chi connectivity index (χ1n) is 9.18. The molecule has 3 aliphatic rings. The van der Waals surface area contributed by atoms with Crippen LogP contribution in [0.3, 0.4) is 0 Å². The first-order chi connectivity index (χ1) is 9.42. The molecule has 0 aromatic carbocycles. The molecule has 3 aliphatic carbocycles. The predicted molar refractivity (Wildman–Crippen MR) is 82.3 cm³/mol. The van der Waals surface area contributed by atoms with E-state index < -0.39 is 0 Å². The van der Waals surface area contributed by atoms with Gasteiger partial charge in [0, 0.05) is 12.1 Å². The lowest BCUT2D eigenvalue weighted by Crippen LogP contribution is -2.42. The van der Waals surface area contributed by atoms with Crippen LogP contribution in [0.15, 0.2) is 0 Å². The second kappa shape index (κ2) is 7.11. The Morgan fingerprint density at radius 2 is 0.895 bits per heavy atom. The topological polar surface area (TPSA) is 12.0 Å². The molecule has 0 spiro atoms. The van der Waals surface area contributed by atoms with Crippen LogP contribution >= 0.6 is 0 Å². The van der Waals surface area contributed by atoms with Gasteiger partial charge < -0.3 is 5.32 Å². The monoisotopic (exact) mass is 263 g/mol. The van der Waals surface area contributed by atoms with Gasteiger partial charge in [-0.1, -0.05) is 51.4 Å². The minimum absolute atomic E-state index is 0.864. The Morgan fingerprint density at radius 1 is 0.421 bits per heavy atom. The van der Waals surface area contributed by atoms with Crippen LogP contribution in [-0.2, 0) is 0 Å². The summed E-state index contributed by atoms with van der Waals surface area (Å²) < 4.78 is 0. The van der Waals surface area contributed by atoms with Crippen LogP contribution in [0.5, 0.6) is 0 Å². The van der Waals surface area contributed by atoms with E-state index in [2.05, 4.69) is 5.32 Å². The molecule has 0 aromatic rings. The lowest BCUT2D eigenvalue weighted by atomic mass is 9.72. The normalized spacial score (nSPS) is 35.4. The highest BCUT2D eigenvalue weighted by Crippen LogP contribution is 2.38. The van der Waals surface area contributed by atoms with Crippen molar-refractivity contribution in [2.24, 2.45) is 11.8 Å². The maximum absolute atomic E-state index is 3.98. The summed E-state index contributed by atoms with van der Waals surface area (Å²) in [4.78, 5) is 0. The first kappa shape index (κ1) is 13.9. The van der Waals surface area contributed by atoms with Crippen molar-refractivity contribution in [1.82, 2.24) is 5.32 Å². The molecule has 0 aliphatic heterocycles. The van der Waals surface area contributed by atoms with Gasteiger partial charge in [-0.15, -0.1) is 0 Å². The van der Waals surface area contributed by atoms with E-state index in [4.69, 9.17) is 0 Å². The van der Waals surface area contributed by atoms with E-state index in [9.17, 15) is 0 Å². The van der Waals surface area contributed by atoms with Crippen molar-refractivity contribution < 1.29 is 0 Å². The number of hydrogen-bond donors (Lipinski definition) is 1. The molecule has 3 saturated carbocycles. The highest BCUT2D eigenvalue weighted by atomic mass is 15.0. The summed E-state index contributed by atoms with van der Waals surface area (Å²) in [6, 6.07) is 1.73. The van der Waals surface area contributed by atoms with Gasteiger partial charge in [0.1, 0.15) is 0 Å². The molecular formula is C18H33N. The summed E-state index contributed by atoms with van der Waals surface area (Å²) in [5, 5.41) is 3.98. The second-order valence-electron chi connectivity index (χ2n) is 7.51. The van der Waals surface area contributed by atoms with Crippen LogP contribution < -0.4 is 5.32 Å². The fraction of sp³-hybridized carbons (Fsp3) is 1.00. The molecule has 1 N–H and O–H groups in total. The highest BCUT2D eigenvalue weighted by molar-refractivity contribution is 4.85. The van der Waals surface area contributed by atoms with Crippen LogP contribution in [0.1, 0.15) is 89.9 Å². The summed E-state index contributed by atoms with van der Waals surface area (Å²) in [6.45, 7) is 0. The molecule has 110 valence electrons. The van der Waals surface area contributed by atoms with Crippen molar-refractivity contribution in [3.63, 3.8) is 0 Å². The van der Waals surface area contributed by atoms with E-state index in [1.807, 2.05) is 0 Å². The van der Waals surface area contributed by atoms with Gasteiger partial charge in [-0.2, -0.15) is 0 Å². The average Bonchev–Trinajstić information content (AvgIpc) is 2.50. The van der Waals surface area contributed by atoms with E-state index in [0.29, 0.717) is 0 Å². The van der Waals surface area contributed by atoms with Gasteiger partial charge in [0.25, 0.3) is 0 Å². The van der Waals surface area contributed by atoms with Crippen LogP contribution in [0, 0.1) is 11.8 Å². The SMILES string of the molecule is C1CCC(NC2CCC(C3CCCCC3)CC2)CC1. The Kier molecular flexibility index (Phi) is 5.21. The van der Waals surface area contributed by atoms with Crippen molar-refractivity contribution in [1.29, 1.82) is 0 Å². The molecule has 1 nitrogen and oxygen atoms in total. The lowest BCUT2D eigenvalue weighted by molar-refractivity contribution is 0.168. The molecule has 19 heavy (non-hydrogen) atoms. The lowest BCUT2D eigenvalue weighted by Gasteiger charge is -2.38. The first-order valence-corrected chi connectivity index (χ1v) is 9.18. The molecule has 0 amide bonds. The van der Waals surface area contributed by atoms with E-state index in [-0.39, 0.29) is 0 Å². The average molecular weight is 263 g/mol. The van der Waals surface area contributed by atoms with E-state index in [0.717, 1.165) is 23.9 Å². The Hall–Kier alpha value is -0.0400. The van der Waals surface area contributed by atoms with Gasteiger partial charge >= 0.3 is 0 Å². The maximum atomic E-state index is 3.98. The maximum Gasteiger partial charge on any atom is 0.00698 e. The fourth-order valence-corrected chi connectivity index (χ4v) is 4.97. The molecule has 0 unspecified atom stereocenters. The van der Waals surface area contributed by atoms with Crippen molar-refractivity contribution in [2.75, 3.05) is 0 Å². The zero-order valence-electron chi connectivity index (χ0n) is 12.7. The third-order valence-electron chi connectivity index (χ3n) is 6.16. The Bertz CT molecular complexity index is 242. The van der Waals surface area contributed by atoms with Crippen molar-refractivity contribution in [2.45, 2.75) is 102 Å². The van der Waals surface area contributed by atoms with E-state index in [1.165, 1.54) is 77.0 Å². The second-order valence-corrected chi connectivity index (χ2v) is 7.51.